The summed E-state index contributed by atoms with van der Waals surface area (Å²) in [6, 6.07) is 10.7. The smallest absolute Gasteiger partial charge is 0.253 e. The minimum Gasteiger partial charge on any atom is -0.380 e. The van der Waals surface area contributed by atoms with Crippen LogP contribution in [0.15, 0.2) is 41.9 Å². The van der Waals surface area contributed by atoms with Gasteiger partial charge in [0.25, 0.3) is 5.78 Å². The maximum absolute atomic E-state index is 4.76. The van der Waals surface area contributed by atoms with Crippen molar-refractivity contribution in [3.05, 3.63) is 53.0 Å². The summed E-state index contributed by atoms with van der Waals surface area (Å²) < 4.78 is 1.87. The molecule has 1 atom stereocenters. The molecule has 0 spiro atoms. The molecule has 142 valence electrons. The van der Waals surface area contributed by atoms with Gasteiger partial charge in [0.1, 0.15) is 0 Å². The zero-order valence-corrected chi connectivity index (χ0v) is 17.3. The van der Waals surface area contributed by atoms with Crippen molar-refractivity contribution in [3.8, 4) is 22.0 Å². The van der Waals surface area contributed by atoms with Gasteiger partial charge >= 0.3 is 0 Å². The van der Waals surface area contributed by atoms with Crippen LogP contribution in [0.4, 0.5) is 5.69 Å². The largest absolute Gasteiger partial charge is 0.380 e. The van der Waals surface area contributed by atoms with Crippen molar-refractivity contribution in [1.82, 2.24) is 19.6 Å². The monoisotopic (exact) mass is 389 g/mol. The summed E-state index contributed by atoms with van der Waals surface area (Å²) in [4.78, 5) is 10.1. The van der Waals surface area contributed by atoms with Crippen LogP contribution in [0.25, 0.3) is 27.7 Å². The lowest BCUT2D eigenvalue weighted by Gasteiger charge is -2.38. The first-order valence-electron chi connectivity index (χ1n) is 9.60. The zero-order valence-electron chi connectivity index (χ0n) is 16.5. The Morgan fingerprint density at radius 2 is 2.11 bits per heavy atom. The molecule has 28 heavy (non-hydrogen) atoms. The van der Waals surface area contributed by atoms with E-state index in [9.17, 15) is 0 Å². The number of fused-ring (bicyclic) bond motifs is 2. The van der Waals surface area contributed by atoms with Gasteiger partial charge in [-0.15, -0.1) is 16.4 Å². The molecule has 4 aromatic rings. The van der Waals surface area contributed by atoms with Crippen LogP contribution in [-0.4, -0.2) is 25.1 Å². The van der Waals surface area contributed by atoms with Crippen LogP contribution < -0.4 is 5.32 Å². The number of thiophene rings is 1. The highest BCUT2D eigenvalue weighted by molar-refractivity contribution is 7.13. The quantitative estimate of drug-likeness (QED) is 0.490. The molecule has 0 aliphatic carbocycles. The van der Waals surface area contributed by atoms with Crippen LogP contribution in [0.2, 0.25) is 0 Å². The molecule has 4 heterocycles. The van der Waals surface area contributed by atoms with Crippen LogP contribution in [0.5, 0.6) is 0 Å². The predicted octanol–water partition coefficient (Wildman–Crippen LogP) is 5.53. The standard InChI is InChI=1S/C22H23N5S/c1-13-10-17-15(14(2)12-22(3,4)25-17)11-16(13)18-7-8-23-21-24-20(26-27(18)21)19-6-5-9-28-19/h5-11,14,25H,12H2,1-4H3/t14-/m1/s1. The highest BCUT2D eigenvalue weighted by atomic mass is 32.1. The van der Waals surface area contributed by atoms with Gasteiger partial charge in [-0.3, -0.25) is 0 Å². The molecular weight excluding hydrogens is 366 g/mol. The van der Waals surface area contributed by atoms with Crippen molar-refractivity contribution in [1.29, 1.82) is 0 Å². The summed E-state index contributed by atoms with van der Waals surface area (Å²) in [7, 11) is 0. The number of nitrogens with zero attached hydrogens (tertiary/aromatic N) is 4. The minimum absolute atomic E-state index is 0.117. The second kappa shape index (κ2) is 6.14. The molecule has 0 bridgehead atoms. The number of rotatable bonds is 2. The lowest BCUT2D eigenvalue weighted by molar-refractivity contribution is 0.454. The lowest BCUT2D eigenvalue weighted by atomic mass is 9.80. The number of benzene rings is 1. The van der Waals surface area contributed by atoms with Gasteiger partial charge in [0.05, 0.1) is 10.6 Å². The first-order valence-corrected chi connectivity index (χ1v) is 10.5. The zero-order chi connectivity index (χ0) is 19.5. The summed E-state index contributed by atoms with van der Waals surface area (Å²) in [5.41, 5.74) is 6.15. The second-order valence-corrected chi connectivity index (χ2v) is 9.27. The van der Waals surface area contributed by atoms with Gasteiger partial charge in [-0.05, 0) is 73.9 Å². The minimum atomic E-state index is 0.117. The molecule has 0 saturated heterocycles. The van der Waals surface area contributed by atoms with Gasteiger partial charge in [0, 0.05) is 23.0 Å². The molecule has 1 aliphatic heterocycles. The molecule has 5 nitrogen and oxygen atoms in total. The topological polar surface area (TPSA) is 55.1 Å². The van der Waals surface area contributed by atoms with Crippen LogP contribution in [0.3, 0.4) is 0 Å². The van der Waals surface area contributed by atoms with Crippen LogP contribution in [0.1, 0.15) is 44.2 Å². The summed E-state index contributed by atoms with van der Waals surface area (Å²) >= 11 is 1.64. The molecular formula is C22H23N5S. The molecule has 6 heteroatoms. The van der Waals surface area contributed by atoms with Gasteiger partial charge in [-0.25, -0.2) is 4.98 Å². The number of anilines is 1. The van der Waals surface area contributed by atoms with Crippen molar-refractivity contribution >= 4 is 22.8 Å². The van der Waals surface area contributed by atoms with E-state index in [1.807, 2.05) is 34.3 Å². The summed E-state index contributed by atoms with van der Waals surface area (Å²) in [5.74, 6) is 1.85. The van der Waals surface area contributed by atoms with E-state index in [1.165, 1.54) is 22.4 Å². The Labute approximate surface area is 168 Å². The Hall–Kier alpha value is -2.73. The Kier molecular flexibility index (Phi) is 3.81. The Morgan fingerprint density at radius 3 is 2.89 bits per heavy atom. The molecule has 0 saturated carbocycles. The molecule has 5 rings (SSSR count). The normalized spacial score (nSPS) is 18.1. The third-order valence-electron chi connectivity index (χ3n) is 5.48. The third kappa shape index (κ3) is 2.79. The molecule has 1 N–H and O–H groups in total. The summed E-state index contributed by atoms with van der Waals surface area (Å²) in [6.07, 6.45) is 2.93. The van der Waals surface area contributed by atoms with Crippen LogP contribution >= 0.6 is 11.3 Å². The molecule has 0 amide bonds. The average Bonchev–Trinajstić information content (AvgIpc) is 3.29. The maximum atomic E-state index is 4.76. The molecule has 1 aliphatic rings. The van der Waals surface area contributed by atoms with Crippen molar-refractivity contribution < 1.29 is 0 Å². The van der Waals surface area contributed by atoms with Gasteiger partial charge < -0.3 is 5.32 Å². The van der Waals surface area contributed by atoms with E-state index in [1.54, 1.807) is 11.3 Å². The molecule has 0 radical (unpaired) electrons. The SMILES string of the molecule is Cc1cc2c(cc1-c1ccnc3nc(-c4cccs4)nn13)[C@H](C)CC(C)(C)N2. The fourth-order valence-electron chi connectivity index (χ4n) is 4.32. The van der Waals surface area contributed by atoms with Crippen LogP contribution in [0, 0.1) is 6.92 Å². The van der Waals surface area contributed by atoms with Crippen molar-refractivity contribution in [2.45, 2.75) is 45.6 Å². The molecule has 0 fully saturated rings. The summed E-state index contributed by atoms with van der Waals surface area (Å²) in [6.45, 7) is 9.01. The van der Waals surface area contributed by atoms with Gasteiger partial charge in [0.15, 0.2) is 5.82 Å². The number of aryl methyl sites for hydroxylation is 1. The van der Waals surface area contributed by atoms with E-state index >= 15 is 0 Å². The predicted molar refractivity (Wildman–Crippen MR) is 115 cm³/mol. The van der Waals surface area contributed by atoms with E-state index in [2.05, 4.69) is 55.1 Å². The van der Waals surface area contributed by atoms with Gasteiger partial charge in [-0.1, -0.05) is 13.0 Å². The van der Waals surface area contributed by atoms with Gasteiger partial charge in [0.2, 0.25) is 0 Å². The number of hydrogen-bond acceptors (Lipinski definition) is 5. The fourth-order valence-corrected chi connectivity index (χ4v) is 4.97. The van der Waals surface area contributed by atoms with Crippen molar-refractivity contribution in [2.75, 3.05) is 5.32 Å². The number of nitrogens with one attached hydrogen (secondary N) is 1. The van der Waals surface area contributed by atoms with E-state index in [4.69, 9.17) is 5.10 Å². The first kappa shape index (κ1) is 17.4. The van der Waals surface area contributed by atoms with E-state index in [0.29, 0.717) is 11.7 Å². The molecule has 1 aromatic carbocycles. The summed E-state index contributed by atoms with van der Waals surface area (Å²) in [5, 5.41) is 10.5. The number of aromatic nitrogens is 4. The highest BCUT2D eigenvalue weighted by Crippen LogP contribution is 2.41. The van der Waals surface area contributed by atoms with Crippen LogP contribution in [-0.2, 0) is 0 Å². The Bertz CT molecular complexity index is 1170. The first-order chi connectivity index (χ1) is 13.4. The average molecular weight is 390 g/mol. The van der Waals surface area contributed by atoms with Crippen molar-refractivity contribution in [2.24, 2.45) is 0 Å². The molecule has 3 aromatic heterocycles. The number of hydrogen-bond donors (Lipinski definition) is 1. The second-order valence-electron chi connectivity index (χ2n) is 8.32. The fraction of sp³-hybridized carbons (Fsp3) is 0.318. The van der Waals surface area contributed by atoms with E-state index in [-0.39, 0.29) is 5.54 Å². The van der Waals surface area contributed by atoms with Crippen molar-refractivity contribution in [3.63, 3.8) is 0 Å². The van der Waals surface area contributed by atoms with E-state index < -0.39 is 0 Å². The maximum Gasteiger partial charge on any atom is 0.253 e. The van der Waals surface area contributed by atoms with E-state index in [0.717, 1.165) is 22.8 Å². The van der Waals surface area contributed by atoms with Gasteiger partial charge in [-0.2, -0.15) is 9.50 Å². The Balaban J connectivity index is 1.68. The Morgan fingerprint density at radius 1 is 1.25 bits per heavy atom. The molecule has 0 unspecified atom stereocenters. The third-order valence-corrected chi connectivity index (χ3v) is 6.34. The highest BCUT2D eigenvalue weighted by Gasteiger charge is 2.30. The lowest BCUT2D eigenvalue weighted by Crippen LogP contribution is -2.36.